The van der Waals surface area contributed by atoms with Crippen LogP contribution in [0.2, 0.25) is 0 Å². The van der Waals surface area contributed by atoms with Crippen LogP contribution in [0.25, 0.3) is 0 Å². The fourth-order valence-corrected chi connectivity index (χ4v) is 3.40. The second-order valence-corrected chi connectivity index (χ2v) is 7.80. The Balaban J connectivity index is 1.80. The number of rotatable bonds is 3. The van der Waals surface area contributed by atoms with Crippen molar-refractivity contribution >= 4 is 17.8 Å². The molecule has 1 aliphatic heterocycles. The minimum Gasteiger partial charge on any atom is -0.454 e. The zero-order valence-corrected chi connectivity index (χ0v) is 18.3. The Labute approximate surface area is 185 Å². The van der Waals surface area contributed by atoms with E-state index in [1.807, 2.05) is 0 Å². The van der Waals surface area contributed by atoms with Crippen molar-refractivity contribution in [1.82, 2.24) is 35.4 Å². The van der Waals surface area contributed by atoms with E-state index in [9.17, 15) is 19.5 Å². The fraction of sp³-hybridized carbons (Fsp3) is 0.550. The van der Waals surface area contributed by atoms with E-state index in [0.29, 0.717) is 30.8 Å². The normalized spacial score (nSPS) is 18.3. The summed E-state index contributed by atoms with van der Waals surface area (Å²) in [6, 6.07) is 1.96. The first-order valence-electron chi connectivity index (χ1n) is 10.5. The van der Waals surface area contributed by atoms with Crippen molar-refractivity contribution in [3.63, 3.8) is 0 Å². The van der Waals surface area contributed by atoms with Crippen LogP contribution in [0.5, 0.6) is 0 Å². The molecule has 4 bridgehead atoms. The lowest BCUT2D eigenvalue weighted by atomic mass is 10.1. The van der Waals surface area contributed by atoms with Crippen LogP contribution in [0, 0.1) is 0 Å². The Morgan fingerprint density at radius 3 is 2.88 bits per heavy atom. The van der Waals surface area contributed by atoms with Crippen LogP contribution in [0.15, 0.2) is 22.7 Å². The lowest BCUT2D eigenvalue weighted by Gasteiger charge is -2.22. The van der Waals surface area contributed by atoms with E-state index in [2.05, 4.69) is 20.9 Å². The number of carbonyl (C=O) groups is 3. The maximum Gasteiger partial charge on any atom is 0.315 e. The summed E-state index contributed by atoms with van der Waals surface area (Å²) in [6.45, 7) is 0.717. The first kappa shape index (κ1) is 23.3. The van der Waals surface area contributed by atoms with Gasteiger partial charge in [0.15, 0.2) is 5.76 Å². The maximum absolute atomic E-state index is 12.8. The molecule has 4 amide bonds. The van der Waals surface area contributed by atoms with Crippen molar-refractivity contribution in [3.8, 4) is 0 Å². The Bertz CT molecular complexity index is 938. The number of β-amino-alcohol motifs (C(OH)–C–C–N with tert-alkyl or cyclic N) is 1. The van der Waals surface area contributed by atoms with Crippen molar-refractivity contribution in [2.24, 2.45) is 0 Å². The number of urea groups is 1. The molecular weight excluding hydrogens is 418 g/mol. The van der Waals surface area contributed by atoms with Gasteiger partial charge in [0.25, 0.3) is 5.91 Å². The van der Waals surface area contributed by atoms with Gasteiger partial charge in [0.05, 0.1) is 25.9 Å². The summed E-state index contributed by atoms with van der Waals surface area (Å²) in [5.41, 5.74) is 0.592. The summed E-state index contributed by atoms with van der Waals surface area (Å²) in [5.74, 6) is -0.116. The van der Waals surface area contributed by atoms with Crippen molar-refractivity contribution < 1.29 is 23.9 Å². The number of nitrogens with one attached hydrogen (secondary N) is 2. The number of carbonyl (C=O) groups excluding carboxylic acids is 3. The number of likely N-dealkylation sites (N-methyl/N-ethyl adjacent to an activating group) is 1. The Morgan fingerprint density at radius 1 is 1.31 bits per heavy atom. The van der Waals surface area contributed by atoms with E-state index in [1.54, 1.807) is 31.0 Å². The number of aryl methyl sites for hydroxylation is 1. The van der Waals surface area contributed by atoms with E-state index in [-0.39, 0.29) is 37.9 Å². The molecule has 3 heterocycles. The van der Waals surface area contributed by atoms with Crippen molar-refractivity contribution in [2.75, 3.05) is 27.2 Å². The molecule has 2 aromatic heterocycles. The molecule has 0 saturated heterocycles. The van der Waals surface area contributed by atoms with E-state index in [0.717, 1.165) is 6.42 Å². The van der Waals surface area contributed by atoms with Crippen molar-refractivity contribution in [3.05, 3.63) is 35.5 Å². The lowest BCUT2D eigenvalue weighted by molar-refractivity contribution is -0.130. The smallest absolute Gasteiger partial charge is 0.315 e. The molecule has 1 aliphatic rings. The number of amides is 4. The number of hydrogen-bond donors (Lipinski definition) is 3. The van der Waals surface area contributed by atoms with E-state index >= 15 is 0 Å². The molecule has 0 fully saturated rings. The number of aromatic nitrogens is 3. The van der Waals surface area contributed by atoms with Crippen LogP contribution >= 0.6 is 0 Å². The quantitative estimate of drug-likeness (QED) is 0.598. The van der Waals surface area contributed by atoms with E-state index in [4.69, 9.17) is 4.42 Å². The first-order chi connectivity index (χ1) is 15.4. The summed E-state index contributed by atoms with van der Waals surface area (Å²) >= 11 is 0. The van der Waals surface area contributed by atoms with Gasteiger partial charge in [-0.2, -0.15) is 0 Å². The molecule has 1 atom stereocenters. The predicted molar refractivity (Wildman–Crippen MR) is 112 cm³/mol. The van der Waals surface area contributed by atoms with Gasteiger partial charge in [0.1, 0.15) is 17.5 Å². The highest BCUT2D eigenvalue weighted by Crippen LogP contribution is 2.13. The van der Waals surface area contributed by atoms with Crippen molar-refractivity contribution in [1.29, 1.82) is 0 Å². The minimum absolute atomic E-state index is 0.0519. The Kier molecular flexibility index (Phi) is 7.82. The van der Waals surface area contributed by atoms with Crippen LogP contribution in [-0.4, -0.2) is 81.0 Å². The standard InChI is InChI=1S/C20H29N7O5/c1-25(2)18(29)16-5-3-4-8-27-13-14(23-24-27)12-26(9-10-28)19(30)17-7-6-15(32-17)11-21-20(31)22-16/h6-7,13,16,28H,3-5,8-12H2,1-2H3,(H2,21,22,31)/t16-/m0/s1. The molecule has 12 heteroatoms. The van der Waals surface area contributed by atoms with Gasteiger partial charge < -0.3 is 30.0 Å². The van der Waals surface area contributed by atoms with Gasteiger partial charge in [-0.25, -0.2) is 4.79 Å². The van der Waals surface area contributed by atoms with E-state index in [1.165, 1.54) is 15.9 Å². The highest BCUT2D eigenvalue weighted by Gasteiger charge is 2.23. The summed E-state index contributed by atoms with van der Waals surface area (Å²) in [6.07, 6.45) is 3.66. The topological polar surface area (TPSA) is 146 Å². The average Bonchev–Trinajstić information content (AvgIpc) is 3.42. The Morgan fingerprint density at radius 2 is 2.12 bits per heavy atom. The number of nitrogens with zero attached hydrogens (tertiary/aromatic N) is 5. The highest BCUT2D eigenvalue weighted by atomic mass is 16.4. The van der Waals surface area contributed by atoms with Crippen molar-refractivity contribution in [2.45, 2.75) is 44.9 Å². The molecule has 0 aliphatic carbocycles. The number of furan rings is 1. The number of fused-ring (bicyclic) bond motifs is 4. The van der Waals surface area contributed by atoms with Gasteiger partial charge in [-0.1, -0.05) is 5.21 Å². The molecule has 3 rings (SSSR count). The summed E-state index contributed by atoms with van der Waals surface area (Å²) in [7, 11) is 3.29. The zero-order chi connectivity index (χ0) is 23.1. The highest BCUT2D eigenvalue weighted by molar-refractivity contribution is 5.91. The van der Waals surface area contributed by atoms with Crippen LogP contribution in [0.4, 0.5) is 4.79 Å². The molecule has 3 N–H and O–H groups in total. The molecule has 2 aromatic rings. The third-order valence-electron chi connectivity index (χ3n) is 5.07. The fourth-order valence-electron chi connectivity index (χ4n) is 3.40. The lowest BCUT2D eigenvalue weighted by Crippen LogP contribution is -2.49. The summed E-state index contributed by atoms with van der Waals surface area (Å²) in [5, 5.41) is 22.9. The van der Waals surface area contributed by atoms with Gasteiger partial charge in [0, 0.05) is 27.2 Å². The summed E-state index contributed by atoms with van der Waals surface area (Å²) in [4.78, 5) is 40.5. The van der Waals surface area contributed by atoms with E-state index < -0.39 is 18.0 Å². The third-order valence-corrected chi connectivity index (χ3v) is 5.07. The molecule has 0 radical (unpaired) electrons. The number of hydrogen-bond acceptors (Lipinski definition) is 7. The van der Waals surface area contributed by atoms with Crippen LogP contribution < -0.4 is 10.6 Å². The van der Waals surface area contributed by atoms with Gasteiger partial charge in [-0.15, -0.1) is 5.10 Å². The van der Waals surface area contributed by atoms with Gasteiger partial charge >= 0.3 is 6.03 Å². The molecule has 0 aromatic carbocycles. The van der Waals surface area contributed by atoms with Gasteiger partial charge in [-0.05, 0) is 31.4 Å². The third kappa shape index (κ3) is 6.06. The molecular formula is C20H29N7O5. The van der Waals surface area contributed by atoms with Gasteiger partial charge in [-0.3, -0.25) is 14.3 Å². The predicted octanol–water partition coefficient (Wildman–Crippen LogP) is -0.0543. The Hall–Kier alpha value is -3.41. The molecule has 12 nitrogen and oxygen atoms in total. The summed E-state index contributed by atoms with van der Waals surface area (Å²) < 4.78 is 7.26. The second-order valence-electron chi connectivity index (χ2n) is 7.80. The maximum atomic E-state index is 12.8. The van der Waals surface area contributed by atoms with Crippen LogP contribution in [0.1, 0.15) is 41.3 Å². The SMILES string of the molecule is CN(C)C(=O)[C@@H]1CCCCn2cc(nn2)CN(CCO)C(=O)c2ccc(o2)CNC(=O)N1. The molecule has 174 valence electrons. The number of aliphatic hydroxyl groups excluding tert-OH is 1. The molecule has 0 unspecified atom stereocenters. The zero-order valence-electron chi connectivity index (χ0n) is 18.3. The molecule has 0 spiro atoms. The molecule has 32 heavy (non-hydrogen) atoms. The number of aliphatic hydroxyl groups is 1. The average molecular weight is 447 g/mol. The molecule has 0 saturated carbocycles. The largest absolute Gasteiger partial charge is 0.454 e. The first-order valence-corrected chi connectivity index (χ1v) is 10.5. The van der Waals surface area contributed by atoms with Gasteiger partial charge in [0.2, 0.25) is 5.91 Å². The van der Waals surface area contributed by atoms with Crippen LogP contribution in [0.3, 0.4) is 0 Å². The monoisotopic (exact) mass is 447 g/mol. The minimum atomic E-state index is -0.657. The second kappa shape index (κ2) is 10.8. The van der Waals surface area contributed by atoms with Crippen LogP contribution in [-0.2, 0) is 24.4 Å².